The van der Waals surface area contributed by atoms with E-state index in [2.05, 4.69) is 5.32 Å². The van der Waals surface area contributed by atoms with Crippen molar-refractivity contribution in [3.63, 3.8) is 0 Å². The number of rotatable bonds is 3. The minimum Gasteiger partial charge on any atom is -0.508 e. The van der Waals surface area contributed by atoms with Gasteiger partial charge in [-0.2, -0.15) is 0 Å². The van der Waals surface area contributed by atoms with Gasteiger partial charge in [0, 0.05) is 11.3 Å². The Labute approximate surface area is 106 Å². The molecule has 0 aromatic heterocycles. The molecule has 0 saturated heterocycles. The Hall–Kier alpha value is -2.29. The van der Waals surface area contributed by atoms with Crippen molar-refractivity contribution in [3.05, 3.63) is 59.7 Å². The maximum Gasteiger partial charge on any atom is 0.228 e. The number of nitrogens with one attached hydrogen (secondary N) is 1. The Kier molecular flexibility index (Phi) is 3.63. The highest BCUT2D eigenvalue weighted by atomic mass is 16.3. The quantitative estimate of drug-likeness (QED) is 0.868. The van der Waals surface area contributed by atoms with E-state index >= 15 is 0 Å². The van der Waals surface area contributed by atoms with Crippen molar-refractivity contribution in [2.45, 2.75) is 13.3 Å². The highest BCUT2D eigenvalue weighted by Crippen LogP contribution is 2.17. The van der Waals surface area contributed by atoms with Crippen LogP contribution in [0.15, 0.2) is 48.5 Å². The fraction of sp³-hybridized carbons (Fsp3) is 0.133. The zero-order valence-electron chi connectivity index (χ0n) is 10.2. The summed E-state index contributed by atoms with van der Waals surface area (Å²) in [5, 5.41) is 12.4. The number of hydrogen-bond donors (Lipinski definition) is 2. The van der Waals surface area contributed by atoms with Gasteiger partial charge >= 0.3 is 0 Å². The van der Waals surface area contributed by atoms with Gasteiger partial charge in [0.15, 0.2) is 0 Å². The molecule has 92 valence electrons. The minimum atomic E-state index is -0.137. The Balaban J connectivity index is 2.03. The fourth-order valence-electron chi connectivity index (χ4n) is 1.76. The molecule has 0 atom stereocenters. The molecule has 1 amide bonds. The van der Waals surface area contributed by atoms with Crippen molar-refractivity contribution in [3.8, 4) is 5.75 Å². The average Bonchev–Trinajstić information content (AvgIpc) is 2.32. The summed E-state index contributed by atoms with van der Waals surface area (Å²) >= 11 is 0. The van der Waals surface area contributed by atoms with Crippen molar-refractivity contribution in [2.75, 3.05) is 5.32 Å². The lowest BCUT2D eigenvalue weighted by molar-refractivity contribution is -0.115. The SMILES string of the molecule is Cc1cccc(NC(=O)Cc2ccccc2O)c1. The number of carbonyl (C=O) groups excluding carboxylic acids is 1. The molecule has 0 saturated carbocycles. The van der Waals surface area contributed by atoms with Gasteiger partial charge in [0.05, 0.1) is 6.42 Å². The molecule has 2 aromatic carbocycles. The molecule has 0 radical (unpaired) electrons. The third-order valence-corrected chi connectivity index (χ3v) is 2.64. The van der Waals surface area contributed by atoms with Crippen LogP contribution in [0.4, 0.5) is 5.69 Å². The third-order valence-electron chi connectivity index (χ3n) is 2.64. The van der Waals surface area contributed by atoms with Crippen molar-refractivity contribution >= 4 is 11.6 Å². The van der Waals surface area contributed by atoms with Crippen LogP contribution in [-0.4, -0.2) is 11.0 Å². The molecular formula is C15H15NO2. The van der Waals surface area contributed by atoms with E-state index in [9.17, 15) is 9.90 Å². The third kappa shape index (κ3) is 3.10. The molecule has 3 nitrogen and oxygen atoms in total. The number of benzene rings is 2. The van der Waals surface area contributed by atoms with Gasteiger partial charge in [-0.15, -0.1) is 0 Å². The molecular weight excluding hydrogens is 226 g/mol. The van der Waals surface area contributed by atoms with E-state index in [4.69, 9.17) is 0 Å². The van der Waals surface area contributed by atoms with Gasteiger partial charge < -0.3 is 10.4 Å². The van der Waals surface area contributed by atoms with Gasteiger partial charge in [-0.05, 0) is 30.7 Å². The standard InChI is InChI=1S/C15H15NO2/c1-11-5-4-7-13(9-11)16-15(18)10-12-6-2-3-8-14(12)17/h2-9,17H,10H2,1H3,(H,16,18). The number of carbonyl (C=O) groups is 1. The Morgan fingerprint density at radius 3 is 2.67 bits per heavy atom. The van der Waals surface area contributed by atoms with Gasteiger partial charge in [-0.1, -0.05) is 30.3 Å². The van der Waals surface area contributed by atoms with Crippen LogP contribution in [0.1, 0.15) is 11.1 Å². The van der Waals surface area contributed by atoms with Crippen LogP contribution in [0.2, 0.25) is 0 Å². The largest absolute Gasteiger partial charge is 0.508 e. The smallest absolute Gasteiger partial charge is 0.228 e. The molecule has 0 aliphatic rings. The first-order valence-electron chi connectivity index (χ1n) is 5.78. The van der Waals surface area contributed by atoms with Crippen LogP contribution in [0.25, 0.3) is 0 Å². The lowest BCUT2D eigenvalue weighted by Crippen LogP contribution is -2.14. The molecule has 0 heterocycles. The summed E-state index contributed by atoms with van der Waals surface area (Å²) in [6, 6.07) is 14.5. The summed E-state index contributed by atoms with van der Waals surface area (Å²) in [4.78, 5) is 11.8. The Morgan fingerprint density at radius 2 is 1.94 bits per heavy atom. The molecule has 2 aromatic rings. The molecule has 18 heavy (non-hydrogen) atoms. The number of aryl methyl sites for hydroxylation is 1. The van der Waals surface area contributed by atoms with Gasteiger partial charge in [0.2, 0.25) is 5.91 Å². The number of phenolic OH excluding ortho intramolecular Hbond substituents is 1. The zero-order valence-corrected chi connectivity index (χ0v) is 10.2. The van der Waals surface area contributed by atoms with Crippen LogP contribution in [0, 0.1) is 6.92 Å². The average molecular weight is 241 g/mol. The Bertz CT molecular complexity index is 564. The fourth-order valence-corrected chi connectivity index (χ4v) is 1.76. The van der Waals surface area contributed by atoms with E-state index in [0.29, 0.717) is 5.56 Å². The van der Waals surface area contributed by atoms with Crippen molar-refractivity contribution in [1.82, 2.24) is 0 Å². The zero-order chi connectivity index (χ0) is 13.0. The molecule has 0 unspecified atom stereocenters. The second kappa shape index (κ2) is 5.36. The van der Waals surface area contributed by atoms with E-state index in [1.807, 2.05) is 31.2 Å². The first kappa shape index (κ1) is 12.2. The molecule has 0 spiro atoms. The van der Waals surface area contributed by atoms with E-state index in [1.165, 1.54) is 0 Å². The monoisotopic (exact) mass is 241 g/mol. The minimum absolute atomic E-state index is 0.137. The summed E-state index contributed by atoms with van der Waals surface area (Å²) in [5.41, 5.74) is 2.49. The molecule has 0 aliphatic carbocycles. The molecule has 3 heteroatoms. The molecule has 0 aliphatic heterocycles. The van der Waals surface area contributed by atoms with Crippen LogP contribution in [-0.2, 0) is 11.2 Å². The van der Waals surface area contributed by atoms with Crippen LogP contribution in [0.5, 0.6) is 5.75 Å². The van der Waals surface area contributed by atoms with E-state index in [-0.39, 0.29) is 18.1 Å². The maximum absolute atomic E-state index is 11.8. The predicted molar refractivity (Wildman–Crippen MR) is 71.6 cm³/mol. The normalized spacial score (nSPS) is 10.1. The lowest BCUT2D eigenvalue weighted by atomic mass is 10.1. The van der Waals surface area contributed by atoms with Crippen LogP contribution in [0.3, 0.4) is 0 Å². The number of anilines is 1. The number of aromatic hydroxyl groups is 1. The van der Waals surface area contributed by atoms with Crippen molar-refractivity contribution < 1.29 is 9.90 Å². The maximum atomic E-state index is 11.8. The summed E-state index contributed by atoms with van der Waals surface area (Å²) in [6.45, 7) is 1.97. The molecule has 0 fully saturated rings. The van der Waals surface area contributed by atoms with Gasteiger partial charge in [-0.3, -0.25) is 4.79 Å². The van der Waals surface area contributed by atoms with Gasteiger partial charge in [0.1, 0.15) is 5.75 Å². The van der Waals surface area contributed by atoms with Crippen LogP contribution < -0.4 is 5.32 Å². The Morgan fingerprint density at radius 1 is 1.17 bits per heavy atom. The number of phenols is 1. The number of para-hydroxylation sites is 1. The first-order valence-corrected chi connectivity index (χ1v) is 5.78. The molecule has 0 bridgehead atoms. The summed E-state index contributed by atoms with van der Waals surface area (Å²) < 4.78 is 0. The second-order valence-corrected chi connectivity index (χ2v) is 4.22. The van der Waals surface area contributed by atoms with E-state index in [0.717, 1.165) is 11.3 Å². The van der Waals surface area contributed by atoms with Gasteiger partial charge in [-0.25, -0.2) is 0 Å². The highest BCUT2D eigenvalue weighted by molar-refractivity contribution is 5.92. The summed E-state index contributed by atoms with van der Waals surface area (Å²) in [5.74, 6) is 0.0130. The van der Waals surface area contributed by atoms with E-state index in [1.54, 1.807) is 24.3 Å². The number of amides is 1. The summed E-state index contributed by atoms with van der Waals surface area (Å²) in [7, 11) is 0. The van der Waals surface area contributed by atoms with Crippen molar-refractivity contribution in [2.24, 2.45) is 0 Å². The van der Waals surface area contributed by atoms with E-state index < -0.39 is 0 Å². The van der Waals surface area contributed by atoms with Crippen LogP contribution >= 0.6 is 0 Å². The lowest BCUT2D eigenvalue weighted by Gasteiger charge is -2.07. The van der Waals surface area contributed by atoms with Crippen molar-refractivity contribution in [1.29, 1.82) is 0 Å². The first-order chi connectivity index (χ1) is 8.65. The topological polar surface area (TPSA) is 49.3 Å². The number of hydrogen-bond acceptors (Lipinski definition) is 2. The second-order valence-electron chi connectivity index (χ2n) is 4.22. The predicted octanol–water partition coefficient (Wildman–Crippen LogP) is 2.88. The molecule has 2 rings (SSSR count). The highest BCUT2D eigenvalue weighted by Gasteiger charge is 2.07. The summed E-state index contributed by atoms with van der Waals surface area (Å²) in [6.07, 6.45) is 0.167. The van der Waals surface area contributed by atoms with Gasteiger partial charge in [0.25, 0.3) is 0 Å². The molecule has 2 N–H and O–H groups in total.